The van der Waals surface area contributed by atoms with E-state index in [0.29, 0.717) is 21.9 Å². The Bertz CT molecular complexity index is 937. The molecular formula is C19H21N5OS2. The standard InChI is InChI=1S/C19H21N5OS2/c1-4-14-7-5-6-8-16(14)24(13(3)25)19-22-15(11-27-19)10-26-18-21-12(2)9-17(20)23-18/h5-9,11H,4,10H2,1-3H3,(H2,20,21,23). The Morgan fingerprint density at radius 3 is 2.74 bits per heavy atom. The van der Waals surface area contributed by atoms with Crippen LogP contribution in [0.15, 0.2) is 40.9 Å². The number of rotatable bonds is 6. The zero-order chi connectivity index (χ0) is 19.4. The average molecular weight is 400 g/mol. The number of hydrogen-bond donors (Lipinski definition) is 1. The first-order chi connectivity index (χ1) is 13.0. The normalized spacial score (nSPS) is 10.8. The van der Waals surface area contributed by atoms with Crippen LogP contribution < -0.4 is 10.6 Å². The number of thioether (sulfide) groups is 1. The van der Waals surface area contributed by atoms with Gasteiger partial charge in [0, 0.05) is 29.8 Å². The van der Waals surface area contributed by atoms with E-state index in [2.05, 4.69) is 21.9 Å². The molecule has 1 amide bonds. The first-order valence-electron chi connectivity index (χ1n) is 8.55. The molecule has 0 atom stereocenters. The number of para-hydroxylation sites is 1. The molecule has 0 aliphatic carbocycles. The quantitative estimate of drug-likeness (QED) is 0.489. The fourth-order valence-electron chi connectivity index (χ4n) is 2.67. The first kappa shape index (κ1) is 19.3. The second-order valence-electron chi connectivity index (χ2n) is 5.96. The molecule has 0 saturated carbocycles. The summed E-state index contributed by atoms with van der Waals surface area (Å²) < 4.78 is 0. The van der Waals surface area contributed by atoms with Crippen molar-refractivity contribution in [2.45, 2.75) is 38.1 Å². The maximum absolute atomic E-state index is 12.3. The molecule has 0 unspecified atom stereocenters. The van der Waals surface area contributed by atoms with Crippen molar-refractivity contribution >= 4 is 45.6 Å². The number of aromatic nitrogens is 3. The summed E-state index contributed by atoms with van der Waals surface area (Å²) in [6.07, 6.45) is 0.847. The molecule has 2 aromatic heterocycles. The molecule has 140 valence electrons. The molecule has 27 heavy (non-hydrogen) atoms. The van der Waals surface area contributed by atoms with E-state index in [9.17, 15) is 4.79 Å². The van der Waals surface area contributed by atoms with Gasteiger partial charge in [0.15, 0.2) is 10.3 Å². The van der Waals surface area contributed by atoms with Crippen LogP contribution in [-0.4, -0.2) is 20.9 Å². The number of carbonyl (C=O) groups excluding carboxylic acids is 1. The number of anilines is 3. The number of carbonyl (C=O) groups is 1. The number of hydrogen-bond acceptors (Lipinski definition) is 7. The Balaban J connectivity index is 1.81. The van der Waals surface area contributed by atoms with E-state index in [1.807, 2.05) is 36.6 Å². The highest BCUT2D eigenvalue weighted by Crippen LogP contribution is 2.33. The predicted molar refractivity (Wildman–Crippen MR) is 111 cm³/mol. The molecule has 0 fully saturated rings. The Labute approximate surface area is 166 Å². The van der Waals surface area contributed by atoms with Crippen LogP contribution in [0.2, 0.25) is 0 Å². The lowest BCUT2D eigenvalue weighted by atomic mass is 10.1. The number of nitrogen functional groups attached to an aromatic ring is 1. The number of amides is 1. The lowest BCUT2D eigenvalue weighted by molar-refractivity contribution is -0.115. The zero-order valence-electron chi connectivity index (χ0n) is 15.5. The lowest BCUT2D eigenvalue weighted by Gasteiger charge is -2.20. The van der Waals surface area contributed by atoms with Gasteiger partial charge < -0.3 is 5.73 Å². The smallest absolute Gasteiger partial charge is 0.230 e. The fraction of sp³-hybridized carbons (Fsp3) is 0.263. The third-order valence-corrected chi connectivity index (χ3v) is 5.62. The Morgan fingerprint density at radius 1 is 1.26 bits per heavy atom. The largest absolute Gasteiger partial charge is 0.384 e. The van der Waals surface area contributed by atoms with Gasteiger partial charge in [0.05, 0.1) is 11.4 Å². The topological polar surface area (TPSA) is 85.0 Å². The van der Waals surface area contributed by atoms with Gasteiger partial charge in [0.2, 0.25) is 5.91 Å². The van der Waals surface area contributed by atoms with Crippen LogP contribution in [0.4, 0.5) is 16.6 Å². The molecule has 2 heterocycles. The van der Waals surface area contributed by atoms with Gasteiger partial charge in [-0.05, 0) is 25.0 Å². The van der Waals surface area contributed by atoms with Crippen molar-refractivity contribution in [3.05, 3.63) is 52.7 Å². The van der Waals surface area contributed by atoms with Crippen molar-refractivity contribution < 1.29 is 4.79 Å². The van der Waals surface area contributed by atoms with Gasteiger partial charge in [0.1, 0.15) is 5.82 Å². The molecule has 2 N–H and O–H groups in total. The minimum Gasteiger partial charge on any atom is -0.384 e. The molecule has 0 radical (unpaired) electrons. The summed E-state index contributed by atoms with van der Waals surface area (Å²) in [6, 6.07) is 9.65. The molecular weight excluding hydrogens is 378 g/mol. The van der Waals surface area contributed by atoms with Crippen LogP contribution in [0.3, 0.4) is 0 Å². The van der Waals surface area contributed by atoms with Crippen molar-refractivity contribution in [2.75, 3.05) is 10.6 Å². The third kappa shape index (κ3) is 4.64. The van der Waals surface area contributed by atoms with Crippen molar-refractivity contribution in [1.29, 1.82) is 0 Å². The number of thiazole rings is 1. The summed E-state index contributed by atoms with van der Waals surface area (Å²) in [4.78, 5) is 27.3. The highest BCUT2D eigenvalue weighted by atomic mass is 32.2. The minimum absolute atomic E-state index is 0.0563. The highest BCUT2D eigenvalue weighted by molar-refractivity contribution is 7.98. The average Bonchev–Trinajstić information content (AvgIpc) is 3.08. The highest BCUT2D eigenvalue weighted by Gasteiger charge is 2.20. The van der Waals surface area contributed by atoms with Crippen LogP contribution in [0.25, 0.3) is 0 Å². The van der Waals surface area contributed by atoms with E-state index in [1.165, 1.54) is 23.1 Å². The van der Waals surface area contributed by atoms with Gasteiger partial charge >= 0.3 is 0 Å². The predicted octanol–water partition coefficient (Wildman–Crippen LogP) is 4.36. The second kappa shape index (κ2) is 8.49. The summed E-state index contributed by atoms with van der Waals surface area (Å²) in [5.74, 6) is 1.02. The molecule has 3 aromatic rings. The van der Waals surface area contributed by atoms with Crippen LogP contribution in [0.5, 0.6) is 0 Å². The first-order valence-corrected chi connectivity index (χ1v) is 10.4. The summed E-state index contributed by atoms with van der Waals surface area (Å²) >= 11 is 2.93. The van der Waals surface area contributed by atoms with Crippen LogP contribution >= 0.6 is 23.1 Å². The molecule has 6 nitrogen and oxygen atoms in total. The molecule has 8 heteroatoms. The number of nitrogens with zero attached hydrogens (tertiary/aromatic N) is 4. The van der Waals surface area contributed by atoms with Gasteiger partial charge in [-0.25, -0.2) is 15.0 Å². The monoisotopic (exact) mass is 399 g/mol. The molecule has 3 rings (SSSR count). The molecule has 0 aliphatic heterocycles. The van der Waals surface area contributed by atoms with E-state index in [0.717, 1.165) is 29.1 Å². The van der Waals surface area contributed by atoms with Crippen molar-refractivity contribution in [3.63, 3.8) is 0 Å². The number of benzene rings is 1. The zero-order valence-corrected chi connectivity index (χ0v) is 17.1. The fourth-order valence-corrected chi connectivity index (χ4v) is 4.46. The van der Waals surface area contributed by atoms with Crippen LogP contribution in [0.1, 0.15) is 30.8 Å². The Kier molecular flexibility index (Phi) is 6.08. The molecule has 0 bridgehead atoms. The van der Waals surface area contributed by atoms with E-state index in [4.69, 9.17) is 5.73 Å². The van der Waals surface area contributed by atoms with Crippen LogP contribution in [0, 0.1) is 6.92 Å². The SMILES string of the molecule is CCc1ccccc1N(C(C)=O)c1nc(CSc2nc(C)cc(N)n2)cs1. The van der Waals surface area contributed by atoms with E-state index in [1.54, 1.807) is 17.9 Å². The van der Waals surface area contributed by atoms with Crippen LogP contribution in [-0.2, 0) is 17.0 Å². The summed E-state index contributed by atoms with van der Waals surface area (Å²) in [7, 11) is 0. The maximum atomic E-state index is 12.3. The van der Waals surface area contributed by atoms with Gasteiger partial charge in [0.25, 0.3) is 0 Å². The number of aryl methyl sites for hydroxylation is 2. The van der Waals surface area contributed by atoms with E-state index in [-0.39, 0.29) is 5.91 Å². The molecule has 0 aliphatic rings. The second-order valence-corrected chi connectivity index (χ2v) is 7.74. The Morgan fingerprint density at radius 2 is 2.04 bits per heavy atom. The van der Waals surface area contributed by atoms with Gasteiger partial charge in [-0.15, -0.1) is 11.3 Å². The number of nitrogens with two attached hydrogens (primary N) is 1. The van der Waals surface area contributed by atoms with Gasteiger partial charge in [-0.1, -0.05) is 36.9 Å². The van der Waals surface area contributed by atoms with Crippen molar-refractivity contribution in [1.82, 2.24) is 15.0 Å². The molecule has 0 spiro atoms. The maximum Gasteiger partial charge on any atom is 0.230 e. The van der Waals surface area contributed by atoms with E-state index < -0.39 is 0 Å². The van der Waals surface area contributed by atoms with E-state index >= 15 is 0 Å². The molecule has 1 aromatic carbocycles. The third-order valence-electron chi connectivity index (χ3n) is 3.86. The summed E-state index contributed by atoms with van der Waals surface area (Å²) in [5.41, 5.74) is 9.49. The van der Waals surface area contributed by atoms with Crippen molar-refractivity contribution in [2.24, 2.45) is 0 Å². The van der Waals surface area contributed by atoms with Gasteiger partial charge in [-0.2, -0.15) is 0 Å². The van der Waals surface area contributed by atoms with Crippen molar-refractivity contribution in [3.8, 4) is 0 Å². The lowest BCUT2D eigenvalue weighted by Crippen LogP contribution is -2.23. The Hall–Kier alpha value is -2.45. The minimum atomic E-state index is -0.0563. The van der Waals surface area contributed by atoms with Gasteiger partial charge in [-0.3, -0.25) is 9.69 Å². The molecule has 0 saturated heterocycles. The summed E-state index contributed by atoms with van der Waals surface area (Å²) in [5, 5.41) is 3.26. The summed E-state index contributed by atoms with van der Waals surface area (Å²) in [6.45, 7) is 5.53.